The highest BCUT2D eigenvalue weighted by Gasteiger charge is 2.30. The maximum Gasteiger partial charge on any atom is 0.257 e. The first-order valence-corrected chi connectivity index (χ1v) is 14.9. The summed E-state index contributed by atoms with van der Waals surface area (Å²) in [5, 5.41) is 6.39. The Bertz CT molecular complexity index is 1420. The number of aryl methyl sites for hydroxylation is 1. The molecule has 1 amide bonds. The molecule has 11 heteroatoms. The van der Waals surface area contributed by atoms with Gasteiger partial charge in [0.2, 0.25) is 10.0 Å². The van der Waals surface area contributed by atoms with Gasteiger partial charge in [-0.1, -0.05) is 42.3 Å². The average molecular weight is 587 g/mol. The van der Waals surface area contributed by atoms with Crippen LogP contribution in [0.5, 0.6) is 5.75 Å². The van der Waals surface area contributed by atoms with Crippen molar-refractivity contribution in [1.82, 2.24) is 9.62 Å². The Morgan fingerprint density at radius 2 is 1.67 bits per heavy atom. The quantitative estimate of drug-likeness (QED) is 0.356. The average Bonchev–Trinajstić information content (AvgIpc) is 2.92. The van der Waals surface area contributed by atoms with E-state index in [2.05, 4.69) is 10.6 Å². The molecular formula is C28H31ClN4O4S2. The molecule has 0 unspecified atom stereocenters. The summed E-state index contributed by atoms with van der Waals surface area (Å²) in [6, 6.07) is 19.1. The topological polar surface area (TPSA) is 91.0 Å². The summed E-state index contributed by atoms with van der Waals surface area (Å²) in [6.07, 6.45) is 0.899. The molecule has 3 aromatic carbocycles. The second-order valence-electron chi connectivity index (χ2n) is 9.12. The smallest absolute Gasteiger partial charge is 0.257 e. The zero-order valence-electron chi connectivity index (χ0n) is 21.8. The fourth-order valence-electron chi connectivity index (χ4n) is 4.20. The zero-order valence-corrected chi connectivity index (χ0v) is 24.2. The SMILES string of the molecule is CCCOc1ccc(C(=O)NC(=S)Nc2cccc(Cl)c2N2CCN(S(=O)(=O)c3ccc(C)cc3)CC2)cc1. The number of piperazine rings is 1. The molecule has 0 bridgehead atoms. The summed E-state index contributed by atoms with van der Waals surface area (Å²) < 4.78 is 33.3. The van der Waals surface area contributed by atoms with E-state index in [1.807, 2.05) is 24.8 Å². The summed E-state index contributed by atoms with van der Waals surface area (Å²) >= 11 is 12.0. The van der Waals surface area contributed by atoms with Crippen LogP contribution in [0, 0.1) is 6.92 Å². The van der Waals surface area contributed by atoms with Gasteiger partial charge in [0.05, 0.1) is 27.9 Å². The van der Waals surface area contributed by atoms with Crippen LogP contribution in [0.2, 0.25) is 5.02 Å². The summed E-state index contributed by atoms with van der Waals surface area (Å²) in [4.78, 5) is 15.0. The lowest BCUT2D eigenvalue weighted by molar-refractivity contribution is 0.0977. The lowest BCUT2D eigenvalue weighted by Gasteiger charge is -2.36. The number of rotatable bonds is 8. The number of hydrogen-bond donors (Lipinski definition) is 2. The summed E-state index contributed by atoms with van der Waals surface area (Å²) in [6.45, 7) is 6.05. The van der Waals surface area contributed by atoms with Crippen molar-refractivity contribution in [1.29, 1.82) is 0 Å². The fraction of sp³-hybridized carbons (Fsp3) is 0.286. The van der Waals surface area contributed by atoms with E-state index in [9.17, 15) is 13.2 Å². The molecule has 2 N–H and O–H groups in total. The van der Waals surface area contributed by atoms with E-state index < -0.39 is 10.0 Å². The van der Waals surface area contributed by atoms with Crippen molar-refractivity contribution in [3.05, 3.63) is 82.9 Å². The second-order valence-corrected chi connectivity index (χ2v) is 11.9. The van der Waals surface area contributed by atoms with Gasteiger partial charge in [-0.2, -0.15) is 4.31 Å². The summed E-state index contributed by atoms with van der Waals surface area (Å²) in [5.41, 5.74) is 2.76. The molecule has 0 spiro atoms. The molecule has 1 aliphatic heterocycles. The van der Waals surface area contributed by atoms with Crippen LogP contribution >= 0.6 is 23.8 Å². The van der Waals surface area contributed by atoms with E-state index in [1.54, 1.807) is 60.7 Å². The number of carbonyl (C=O) groups excluding carboxylic acids is 1. The van der Waals surface area contributed by atoms with Crippen molar-refractivity contribution in [2.75, 3.05) is 43.0 Å². The minimum atomic E-state index is -3.59. The maximum atomic E-state index is 13.1. The van der Waals surface area contributed by atoms with Crippen LogP contribution in [0.4, 0.5) is 11.4 Å². The zero-order chi connectivity index (χ0) is 28.0. The van der Waals surface area contributed by atoms with E-state index >= 15 is 0 Å². The molecule has 39 heavy (non-hydrogen) atoms. The third kappa shape index (κ3) is 7.07. The van der Waals surface area contributed by atoms with E-state index in [0.717, 1.165) is 12.0 Å². The number of para-hydroxylation sites is 1. The number of ether oxygens (including phenoxy) is 1. The first-order chi connectivity index (χ1) is 18.7. The van der Waals surface area contributed by atoms with Crippen LogP contribution < -0.4 is 20.3 Å². The molecule has 1 aliphatic rings. The molecule has 1 fully saturated rings. The van der Waals surface area contributed by atoms with Gasteiger partial charge in [-0.3, -0.25) is 10.1 Å². The third-order valence-electron chi connectivity index (χ3n) is 6.27. The number of hydrogen-bond acceptors (Lipinski definition) is 6. The molecule has 0 radical (unpaired) electrons. The molecule has 0 aromatic heterocycles. The predicted molar refractivity (Wildman–Crippen MR) is 160 cm³/mol. The molecule has 1 saturated heterocycles. The van der Waals surface area contributed by atoms with Gasteiger partial charge >= 0.3 is 0 Å². The maximum absolute atomic E-state index is 13.1. The van der Waals surface area contributed by atoms with Crippen LogP contribution in [0.1, 0.15) is 29.3 Å². The van der Waals surface area contributed by atoms with Crippen LogP contribution in [-0.4, -0.2) is 56.5 Å². The van der Waals surface area contributed by atoms with Gasteiger partial charge in [0.1, 0.15) is 5.75 Å². The van der Waals surface area contributed by atoms with Crippen molar-refractivity contribution in [3.8, 4) is 5.75 Å². The highest BCUT2D eigenvalue weighted by atomic mass is 35.5. The van der Waals surface area contributed by atoms with Gasteiger partial charge in [-0.15, -0.1) is 0 Å². The molecule has 206 valence electrons. The summed E-state index contributed by atoms with van der Waals surface area (Å²) in [7, 11) is -3.59. The van der Waals surface area contributed by atoms with Gasteiger partial charge < -0.3 is 15.0 Å². The molecule has 3 aromatic rings. The molecule has 0 atom stereocenters. The van der Waals surface area contributed by atoms with Gasteiger partial charge in [-0.05, 0) is 74.1 Å². The van der Waals surface area contributed by atoms with Crippen molar-refractivity contribution < 1.29 is 17.9 Å². The van der Waals surface area contributed by atoms with Crippen molar-refractivity contribution >= 4 is 56.2 Å². The van der Waals surface area contributed by atoms with Gasteiger partial charge in [0, 0.05) is 31.7 Å². The highest BCUT2D eigenvalue weighted by molar-refractivity contribution is 7.89. The first kappa shape index (κ1) is 28.8. The number of nitrogens with zero attached hydrogens (tertiary/aromatic N) is 2. The Hall–Kier alpha value is -3.18. The van der Waals surface area contributed by atoms with Gasteiger partial charge in [0.15, 0.2) is 5.11 Å². The normalized spacial score (nSPS) is 14.1. The molecule has 0 aliphatic carbocycles. The number of carbonyl (C=O) groups is 1. The Kier molecular flexibility index (Phi) is 9.45. The molecule has 4 rings (SSSR count). The Morgan fingerprint density at radius 3 is 2.31 bits per heavy atom. The van der Waals surface area contributed by atoms with Crippen molar-refractivity contribution in [2.24, 2.45) is 0 Å². The van der Waals surface area contributed by atoms with Crippen LogP contribution in [-0.2, 0) is 10.0 Å². The monoisotopic (exact) mass is 586 g/mol. The minimum absolute atomic E-state index is 0.121. The van der Waals surface area contributed by atoms with Gasteiger partial charge in [0.25, 0.3) is 5.91 Å². The summed E-state index contributed by atoms with van der Waals surface area (Å²) in [5.74, 6) is 0.345. The number of anilines is 2. The predicted octanol–water partition coefficient (Wildman–Crippen LogP) is 5.07. The minimum Gasteiger partial charge on any atom is -0.494 e. The van der Waals surface area contributed by atoms with E-state index in [0.29, 0.717) is 60.5 Å². The Labute approximate surface area is 240 Å². The number of benzene rings is 3. The third-order valence-corrected chi connectivity index (χ3v) is 8.69. The number of amides is 1. The lowest BCUT2D eigenvalue weighted by Crippen LogP contribution is -2.49. The lowest BCUT2D eigenvalue weighted by atomic mass is 10.2. The first-order valence-electron chi connectivity index (χ1n) is 12.6. The largest absolute Gasteiger partial charge is 0.494 e. The van der Waals surface area contributed by atoms with E-state index in [-0.39, 0.29) is 15.9 Å². The van der Waals surface area contributed by atoms with Crippen molar-refractivity contribution in [2.45, 2.75) is 25.2 Å². The number of thiocarbonyl (C=S) groups is 1. The highest BCUT2D eigenvalue weighted by Crippen LogP contribution is 2.35. The van der Waals surface area contributed by atoms with Crippen LogP contribution in [0.25, 0.3) is 0 Å². The van der Waals surface area contributed by atoms with Crippen LogP contribution in [0.3, 0.4) is 0 Å². The van der Waals surface area contributed by atoms with E-state index in [4.69, 9.17) is 28.6 Å². The number of nitrogens with one attached hydrogen (secondary N) is 2. The molecular weight excluding hydrogens is 556 g/mol. The standard InChI is InChI=1S/C28H31ClN4O4S2/c1-3-19-37-22-11-9-21(10-12-22)27(34)31-28(38)30-25-6-4-5-24(29)26(25)32-15-17-33(18-16-32)39(35,36)23-13-7-20(2)8-14-23/h4-14H,3,15-19H2,1-2H3,(H2,30,31,34,38). The fourth-order valence-corrected chi connectivity index (χ4v) is 6.12. The Balaban J connectivity index is 1.40. The Morgan fingerprint density at radius 1 is 1.00 bits per heavy atom. The molecule has 8 nitrogen and oxygen atoms in total. The number of sulfonamides is 1. The van der Waals surface area contributed by atoms with Crippen LogP contribution in [0.15, 0.2) is 71.6 Å². The van der Waals surface area contributed by atoms with Crippen molar-refractivity contribution in [3.63, 3.8) is 0 Å². The van der Waals surface area contributed by atoms with E-state index in [1.165, 1.54) is 4.31 Å². The second kappa shape index (κ2) is 12.8. The van der Waals surface area contributed by atoms with Gasteiger partial charge in [-0.25, -0.2) is 8.42 Å². The number of halogens is 1. The molecule has 1 heterocycles. The molecule has 0 saturated carbocycles.